The third-order valence-electron chi connectivity index (χ3n) is 5.27. The third-order valence-corrected chi connectivity index (χ3v) is 5.27. The van der Waals surface area contributed by atoms with Crippen LogP contribution < -0.4 is 0 Å². The minimum Gasteiger partial charge on any atom is -0.372 e. The van der Waals surface area contributed by atoms with Crippen molar-refractivity contribution in [3.05, 3.63) is 52.3 Å². The highest BCUT2D eigenvalue weighted by Gasteiger charge is 2.64. The van der Waals surface area contributed by atoms with Crippen molar-refractivity contribution in [2.75, 3.05) is 0 Å². The molecular formula is C20H16F9N3O2. The van der Waals surface area contributed by atoms with E-state index in [1.165, 1.54) is 19.1 Å². The average Bonchev–Trinajstić information content (AvgIpc) is 3.29. The lowest BCUT2D eigenvalue weighted by Gasteiger charge is -2.28. The largest absolute Gasteiger partial charge is 0.437 e. The van der Waals surface area contributed by atoms with E-state index >= 15 is 0 Å². The lowest BCUT2D eigenvalue weighted by molar-refractivity contribution is -0.278. The van der Waals surface area contributed by atoms with Crippen LogP contribution in [-0.4, -0.2) is 33.6 Å². The molecule has 5 nitrogen and oxygen atoms in total. The Kier molecular flexibility index (Phi) is 6.25. The zero-order valence-corrected chi connectivity index (χ0v) is 17.5. The molecule has 14 heteroatoms. The Morgan fingerprint density at radius 2 is 1.74 bits per heavy atom. The summed E-state index contributed by atoms with van der Waals surface area (Å²) < 4.78 is 119. The minimum absolute atomic E-state index is 0.0453. The monoisotopic (exact) mass is 501 g/mol. The fraction of sp³-hybridized carbons (Fsp3) is 0.450. The molecular weight excluding hydrogens is 485 g/mol. The molecule has 3 rings (SSSR count). The topological polar surface area (TPSA) is 56.5 Å². The second-order valence-corrected chi connectivity index (χ2v) is 7.74. The first-order valence-corrected chi connectivity index (χ1v) is 9.59. The minimum atomic E-state index is -5.18. The van der Waals surface area contributed by atoms with E-state index in [1.54, 1.807) is 0 Å². The molecule has 0 bridgehead atoms. The number of hydrogen-bond acceptors (Lipinski definition) is 4. The summed E-state index contributed by atoms with van der Waals surface area (Å²) in [6, 6.07) is 3.83. The van der Waals surface area contributed by atoms with Gasteiger partial charge >= 0.3 is 18.5 Å². The van der Waals surface area contributed by atoms with Gasteiger partial charge in [-0.3, -0.25) is 9.48 Å². The molecule has 2 heterocycles. The van der Waals surface area contributed by atoms with E-state index in [2.05, 4.69) is 10.3 Å². The van der Waals surface area contributed by atoms with Gasteiger partial charge < -0.3 is 4.84 Å². The van der Waals surface area contributed by atoms with Crippen LogP contribution in [0, 0.1) is 6.92 Å². The Bertz CT molecular complexity index is 1130. The molecule has 0 saturated carbocycles. The Morgan fingerprint density at radius 3 is 2.24 bits per heavy atom. The molecule has 1 aromatic carbocycles. The van der Waals surface area contributed by atoms with Gasteiger partial charge in [-0.05, 0) is 30.2 Å². The summed E-state index contributed by atoms with van der Waals surface area (Å²) in [5.41, 5.74) is -5.76. The second-order valence-electron chi connectivity index (χ2n) is 7.74. The Balaban J connectivity index is 1.91. The fourth-order valence-corrected chi connectivity index (χ4v) is 3.55. The number of aromatic nitrogens is 2. The van der Waals surface area contributed by atoms with Crippen LogP contribution in [0.15, 0.2) is 29.4 Å². The molecule has 1 atom stereocenters. The van der Waals surface area contributed by atoms with E-state index in [-0.39, 0.29) is 28.5 Å². The zero-order valence-electron chi connectivity index (χ0n) is 17.5. The Morgan fingerprint density at radius 1 is 1.09 bits per heavy atom. The summed E-state index contributed by atoms with van der Waals surface area (Å²) in [5.74, 6) is -0.801. The van der Waals surface area contributed by atoms with Crippen molar-refractivity contribution in [1.29, 1.82) is 0 Å². The number of oxime groups is 1. The SMILES string of the molecule is Cc1cc(C2=NOC(c3cc(C(F)(F)F)nn3C)(C(F)(F)F)C2)ccc1C(=O)CCC(F)(F)F. The van der Waals surface area contributed by atoms with Gasteiger partial charge in [-0.15, -0.1) is 0 Å². The molecule has 0 amide bonds. The van der Waals surface area contributed by atoms with Gasteiger partial charge in [-0.2, -0.15) is 44.6 Å². The van der Waals surface area contributed by atoms with Gasteiger partial charge in [0.2, 0.25) is 0 Å². The summed E-state index contributed by atoms with van der Waals surface area (Å²) in [7, 11) is 0.908. The Hall–Kier alpha value is -3.06. The number of ketones is 1. The molecule has 1 unspecified atom stereocenters. The summed E-state index contributed by atoms with van der Waals surface area (Å²) in [4.78, 5) is 16.8. The lowest BCUT2D eigenvalue weighted by atomic mass is 9.88. The maximum absolute atomic E-state index is 14.0. The number of carbonyl (C=O) groups excluding carboxylic acids is 1. The van der Waals surface area contributed by atoms with Crippen LogP contribution in [0.2, 0.25) is 0 Å². The molecule has 1 aliphatic heterocycles. The van der Waals surface area contributed by atoms with Crippen molar-refractivity contribution in [2.24, 2.45) is 12.2 Å². The van der Waals surface area contributed by atoms with Crippen molar-refractivity contribution < 1.29 is 49.1 Å². The van der Waals surface area contributed by atoms with Gasteiger partial charge in [0.05, 0.1) is 24.2 Å². The van der Waals surface area contributed by atoms with Crippen LogP contribution in [0.3, 0.4) is 0 Å². The smallest absolute Gasteiger partial charge is 0.372 e. The van der Waals surface area contributed by atoms with Crippen molar-refractivity contribution in [3.8, 4) is 0 Å². The number of aryl methyl sites for hydroxylation is 2. The normalized spacial score (nSPS) is 19.2. The quantitative estimate of drug-likeness (QED) is 0.381. The van der Waals surface area contributed by atoms with Crippen LogP contribution in [0.25, 0.3) is 0 Å². The first kappa shape index (κ1) is 25.6. The maximum atomic E-state index is 14.0. The number of alkyl halides is 9. The Labute approximate surface area is 186 Å². The predicted molar refractivity (Wildman–Crippen MR) is 99.0 cm³/mol. The number of halogens is 9. The maximum Gasteiger partial charge on any atom is 0.437 e. The first-order valence-electron chi connectivity index (χ1n) is 9.59. The number of hydrogen-bond donors (Lipinski definition) is 0. The number of carbonyl (C=O) groups is 1. The van der Waals surface area contributed by atoms with Crippen molar-refractivity contribution in [1.82, 2.24) is 9.78 Å². The van der Waals surface area contributed by atoms with Crippen molar-refractivity contribution >= 4 is 11.5 Å². The van der Waals surface area contributed by atoms with Crippen LogP contribution in [0.1, 0.15) is 52.1 Å². The predicted octanol–water partition coefficient (Wildman–Crippen LogP) is 5.85. The van der Waals surface area contributed by atoms with Gasteiger partial charge in [0, 0.05) is 19.0 Å². The molecule has 1 aliphatic rings. The number of rotatable bonds is 5. The number of Topliss-reactive ketones (excluding diaryl/α,β-unsaturated/α-hetero) is 1. The van der Waals surface area contributed by atoms with Gasteiger partial charge in [-0.1, -0.05) is 17.3 Å². The number of benzene rings is 1. The van der Waals surface area contributed by atoms with Gasteiger partial charge in [-0.25, -0.2) is 0 Å². The standard InChI is InChI=1S/C20H16F9N3O2/c1-10-7-11(3-4-12(10)14(33)5-6-18(21,22)23)13-9-17(34-31-13,20(27,28)29)16-8-15(19(24,25)26)30-32(16)2/h3-4,7-8H,5-6,9H2,1-2H3. The van der Waals surface area contributed by atoms with E-state index in [0.717, 1.165) is 13.1 Å². The lowest BCUT2D eigenvalue weighted by Crippen LogP contribution is -2.44. The number of nitrogens with zero attached hydrogens (tertiary/aromatic N) is 3. The van der Waals surface area contributed by atoms with E-state index in [9.17, 15) is 44.3 Å². The fourth-order valence-electron chi connectivity index (χ4n) is 3.55. The second kappa shape index (κ2) is 8.31. The molecule has 0 radical (unpaired) electrons. The van der Waals surface area contributed by atoms with Crippen molar-refractivity contribution in [3.63, 3.8) is 0 Å². The highest BCUT2D eigenvalue weighted by Crippen LogP contribution is 2.49. The molecule has 34 heavy (non-hydrogen) atoms. The van der Waals surface area contributed by atoms with Crippen LogP contribution in [-0.2, 0) is 23.7 Å². The zero-order chi connectivity index (χ0) is 25.7. The molecule has 0 fully saturated rings. The highest BCUT2D eigenvalue weighted by atomic mass is 19.4. The molecule has 0 N–H and O–H groups in total. The molecule has 0 spiro atoms. The van der Waals surface area contributed by atoms with Gasteiger partial charge in [0.25, 0.3) is 5.60 Å². The van der Waals surface area contributed by atoms with Gasteiger partial charge in [0.15, 0.2) is 11.5 Å². The summed E-state index contributed by atoms with van der Waals surface area (Å²) in [6.45, 7) is 1.38. The van der Waals surface area contributed by atoms with Crippen LogP contribution in [0.5, 0.6) is 0 Å². The molecule has 186 valence electrons. The molecule has 0 saturated heterocycles. The third kappa shape index (κ3) is 4.89. The molecule has 0 aliphatic carbocycles. The highest BCUT2D eigenvalue weighted by molar-refractivity contribution is 6.04. The average molecular weight is 501 g/mol. The van der Waals surface area contributed by atoms with E-state index in [4.69, 9.17) is 4.84 Å². The summed E-state index contributed by atoms with van der Waals surface area (Å²) >= 11 is 0. The van der Waals surface area contributed by atoms with E-state index in [1.807, 2.05) is 0 Å². The van der Waals surface area contributed by atoms with Crippen LogP contribution >= 0.6 is 0 Å². The molecule has 1 aromatic heterocycles. The summed E-state index contributed by atoms with van der Waals surface area (Å²) in [6.07, 6.45) is -17.8. The first-order chi connectivity index (χ1) is 15.4. The van der Waals surface area contributed by atoms with Crippen LogP contribution in [0.4, 0.5) is 39.5 Å². The van der Waals surface area contributed by atoms with E-state index < -0.39 is 60.6 Å². The van der Waals surface area contributed by atoms with Gasteiger partial charge in [0.1, 0.15) is 0 Å². The van der Waals surface area contributed by atoms with E-state index in [0.29, 0.717) is 4.68 Å². The molecule has 2 aromatic rings. The van der Waals surface area contributed by atoms with Crippen molar-refractivity contribution in [2.45, 2.75) is 50.3 Å². The summed E-state index contributed by atoms with van der Waals surface area (Å²) in [5, 5.41) is 6.55.